The third-order valence-corrected chi connectivity index (χ3v) is 8.42. The van der Waals surface area contributed by atoms with Crippen molar-refractivity contribution in [1.29, 1.82) is 0 Å². The molecule has 208 valence electrons. The molecule has 11 heteroatoms. The van der Waals surface area contributed by atoms with Crippen LogP contribution in [-0.4, -0.2) is 40.4 Å². The van der Waals surface area contributed by atoms with Crippen molar-refractivity contribution in [3.05, 3.63) is 72.0 Å². The van der Waals surface area contributed by atoms with E-state index in [0.717, 1.165) is 18.4 Å². The molecule has 0 spiro atoms. The van der Waals surface area contributed by atoms with E-state index in [1.54, 1.807) is 30.3 Å². The summed E-state index contributed by atoms with van der Waals surface area (Å²) in [6, 6.07) is 16.2. The van der Waals surface area contributed by atoms with E-state index in [1.807, 2.05) is 6.07 Å². The molecule has 0 atom stereocenters. The molecule has 2 fully saturated rings. The summed E-state index contributed by atoms with van der Waals surface area (Å²) in [4.78, 5) is 12.3. The van der Waals surface area contributed by atoms with Gasteiger partial charge in [-0.2, -0.15) is 0 Å². The van der Waals surface area contributed by atoms with Gasteiger partial charge in [-0.1, -0.05) is 0 Å². The molecule has 1 amide bonds. The normalized spacial score (nSPS) is 15.4. The number of nitrogens with one attached hydrogen (secondary N) is 3. The van der Waals surface area contributed by atoms with Gasteiger partial charge in [-0.15, -0.1) is 0 Å². The highest BCUT2D eigenvalue weighted by Gasteiger charge is 2.31. The zero-order valence-electron chi connectivity index (χ0n) is 21.7. The van der Waals surface area contributed by atoms with Crippen molar-refractivity contribution in [3.63, 3.8) is 0 Å². The molecule has 1 aliphatic heterocycles. The molecule has 0 bridgehead atoms. The van der Waals surface area contributed by atoms with Crippen LogP contribution in [0, 0.1) is 11.7 Å². The molecular weight excluding hydrogens is 537 g/mol. The number of hydrogen-bond acceptors (Lipinski definition) is 7. The molecule has 6 rings (SSSR count). The second kappa shape index (κ2) is 10.5. The lowest BCUT2D eigenvalue weighted by atomic mass is 10.0. The van der Waals surface area contributed by atoms with Gasteiger partial charge in [0, 0.05) is 31.8 Å². The van der Waals surface area contributed by atoms with E-state index < -0.39 is 16.1 Å². The molecule has 1 saturated carbocycles. The zero-order chi connectivity index (χ0) is 27.9. The van der Waals surface area contributed by atoms with E-state index in [4.69, 9.17) is 13.9 Å². The Morgan fingerprint density at radius 1 is 1.05 bits per heavy atom. The molecular formula is C29H28FN3O6S. The number of hydrogen-bond donors (Lipinski definition) is 3. The van der Waals surface area contributed by atoms with Crippen LogP contribution in [0.5, 0.6) is 17.2 Å². The van der Waals surface area contributed by atoms with Gasteiger partial charge >= 0.3 is 6.09 Å². The first-order chi connectivity index (χ1) is 19.3. The molecule has 3 N–H and O–H groups in total. The highest BCUT2D eigenvalue weighted by atomic mass is 32.2. The maximum Gasteiger partial charge on any atom is 0.412 e. The first-order valence-electron chi connectivity index (χ1n) is 13.0. The highest BCUT2D eigenvalue weighted by molar-refractivity contribution is 7.92. The van der Waals surface area contributed by atoms with Crippen LogP contribution in [-0.2, 0) is 10.0 Å². The Kier molecular flexibility index (Phi) is 6.85. The van der Waals surface area contributed by atoms with Gasteiger partial charge in [0.05, 0.1) is 16.8 Å². The summed E-state index contributed by atoms with van der Waals surface area (Å²) in [7, 11) is -2.10. The van der Waals surface area contributed by atoms with Crippen LogP contribution in [0.15, 0.2) is 65.1 Å². The van der Waals surface area contributed by atoms with Crippen LogP contribution in [0.3, 0.4) is 0 Å². The SMILES string of the molecule is CNC(=O)Oc1c(-c2ccc(Oc3ccc(F)cc3)cc2)oc2cc(NS(=O)(=O)CC3CNC3)c(C3CC3)cc12. The maximum absolute atomic E-state index is 13.2. The summed E-state index contributed by atoms with van der Waals surface area (Å²) in [5.74, 6) is 1.54. The monoisotopic (exact) mass is 565 g/mol. The highest BCUT2D eigenvalue weighted by Crippen LogP contribution is 2.49. The fourth-order valence-electron chi connectivity index (χ4n) is 4.69. The number of furan rings is 1. The Morgan fingerprint density at radius 3 is 2.33 bits per heavy atom. The Bertz CT molecular complexity index is 1660. The number of sulfonamides is 1. The first kappa shape index (κ1) is 26.1. The number of halogens is 1. The molecule has 0 unspecified atom stereocenters. The number of carbonyl (C=O) groups excluding carboxylic acids is 1. The van der Waals surface area contributed by atoms with Gasteiger partial charge in [0.15, 0.2) is 11.5 Å². The molecule has 3 aromatic carbocycles. The van der Waals surface area contributed by atoms with Gasteiger partial charge in [-0.05, 0) is 84.8 Å². The molecule has 1 saturated heterocycles. The lowest BCUT2D eigenvalue weighted by molar-refractivity contribution is 0.203. The second-order valence-corrected chi connectivity index (χ2v) is 11.9. The maximum atomic E-state index is 13.2. The van der Waals surface area contributed by atoms with Crippen LogP contribution < -0.4 is 24.8 Å². The standard InChI is InChI=1S/C29H28FN3O6S/c1-31-29(34)39-28-24-12-23(18-2-3-18)25(33-40(35,36)16-17-14-32-15-17)13-26(24)38-27(28)19-4-8-21(9-5-19)37-22-10-6-20(30)7-11-22/h4-13,17-18,32-33H,2-3,14-16H2,1H3,(H,31,34). The minimum absolute atomic E-state index is 0.0446. The van der Waals surface area contributed by atoms with Crippen LogP contribution in [0.1, 0.15) is 24.3 Å². The third-order valence-electron chi connectivity index (χ3n) is 6.98. The summed E-state index contributed by atoms with van der Waals surface area (Å²) >= 11 is 0. The molecule has 4 aromatic rings. The largest absolute Gasteiger partial charge is 0.457 e. The number of ether oxygens (including phenoxy) is 2. The molecule has 2 aliphatic rings. The van der Waals surface area contributed by atoms with E-state index in [1.165, 1.54) is 31.3 Å². The number of anilines is 1. The van der Waals surface area contributed by atoms with Crippen LogP contribution >= 0.6 is 0 Å². The van der Waals surface area contributed by atoms with Crippen molar-refractivity contribution in [2.45, 2.75) is 18.8 Å². The smallest absolute Gasteiger partial charge is 0.412 e. The van der Waals surface area contributed by atoms with Crippen molar-refractivity contribution in [3.8, 4) is 28.6 Å². The average Bonchev–Trinajstić information content (AvgIpc) is 3.70. The molecule has 0 radical (unpaired) electrons. The van der Waals surface area contributed by atoms with Gasteiger partial charge in [0.2, 0.25) is 10.0 Å². The minimum atomic E-state index is -3.56. The fraction of sp³-hybridized carbons (Fsp3) is 0.276. The van der Waals surface area contributed by atoms with Crippen LogP contribution in [0.4, 0.5) is 14.9 Å². The Hall–Kier alpha value is -4.09. The molecule has 2 heterocycles. The zero-order valence-corrected chi connectivity index (χ0v) is 22.5. The number of benzene rings is 3. The van der Waals surface area contributed by atoms with Crippen molar-refractivity contribution in [2.75, 3.05) is 30.6 Å². The third kappa shape index (κ3) is 5.61. The molecule has 1 aliphatic carbocycles. The second-order valence-electron chi connectivity index (χ2n) is 10.1. The lowest BCUT2D eigenvalue weighted by Crippen LogP contribution is -2.46. The Morgan fingerprint density at radius 2 is 1.73 bits per heavy atom. The van der Waals surface area contributed by atoms with Crippen molar-refractivity contribution >= 4 is 32.8 Å². The Labute approximate surface area is 230 Å². The van der Waals surface area contributed by atoms with E-state index in [-0.39, 0.29) is 29.2 Å². The van der Waals surface area contributed by atoms with Gasteiger partial charge in [0.1, 0.15) is 22.9 Å². The number of rotatable bonds is 9. The van der Waals surface area contributed by atoms with E-state index >= 15 is 0 Å². The van der Waals surface area contributed by atoms with Crippen LogP contribution in [0.25, 0.3) is 22.3 Å². The molecule has 9 nitrogen and oxygen atoms in total. The van der Waals surface area contributed by atoms with Crippen molar-refractivity contribution in [2.24, 2.45) is 5.92 Å². The summed E-state index contributed by atoms with van der Waals surface area (Å²) in [5, 5.41) is 6.13. The summed E-state index contributed by atoms with van der Waals surface area (Å²) in [6.45, 7) is 1.37. The first-order valence-corrected chi connectivity index (χ1v) is 14.7. The van der Waals surface area contributed by atoms with E-state index in [2.05, 4.69) is 15.4 Å². The van der Waals surface area contributed by atoms with Crippen molar-refractivity contribution in [1.82, 2.24) is 10.6 Å². The number of amides is 1. The van der Waals surface area contributed by atoms with Gasteiger partial charge in [-0.25, -0.2) is 17.6 Å². The quantitative estimate of drug-likeness (QED) is 0.242. The van der Waals surface area contributed by atoms with Gasteiger partial charge in [0.25, 0.3) is 0 Å². The summed E-state index contributed by atoms with van der Waals surface area (Å²) in [6.07, 6.45) is 1.23. The topological polar surface area (TPSA) is 119 Å². The summed E-state index contributed by atoms with van der Waals surface area (Å²) in [5.41, 5.74) is 2.33. The van der Waals surface area contributed by atoms with Gasteiger partial charge in [-0.3, -0.25) is 4.72 Å². The van der Waals surface area contributed by atoms with Gasteiger partial charge < -0.3 is 24.5 Å². The number of fused-ring (bicyclic) bond motifs is 1. The van der Waals surface area contributed by atoms with Crippen molar-refractivity contribution < 1.29 is 31.5 Å². The fourth-order valence-corrected chi connectivity index (χ4v) is 6.14. The van der Waals surface area contributed by atoms with Crippen LogP contribution in [0.2, 0.25) is 0 Å². The van der Waals surface area contributed by atoms with E-state index in [0.29, 0.717) is 52.6 Å². The lowest BCUT2D eigenvalue weighted by Gasteiger charge is -2.27. The Balaban J connectivity index is 1.36. The minimum Gasteiger partial charge on any atom is -0.457 e. The predicted molar refractivity (Wildman–Crippen MR) is 149 cm³/mol. The number of carbonyl (C=O) groups is 1. The predicted octanol–water partition coefficient (Wildman–Crippen LogP) is 5.59. The molecule has 1 aromatic heterocycles. The molecule has 40 heavy (non-hydrogen) atoms. The van der Waals surface area contributed by atoms with E-state index in [9.17, 15) is 17.6 Å². The summed E-state index contributed by atoms with van der Waals surface area (Å²) < 4.78 is 59.5. The average molecular weight is 566 g/mol.